The average Bonchev–Trinajstić information content (AvgIpc) is 3.40. The van der Waals surface area contributed by atoms with Gasteiger partial charge in [-0.2, -0.15) is 0 Å². The molecule has 1 amide bonds. The van der Waals surface area contributed by atoms with Gasteiger partial charge in [-0.05, 0) is 62.5 Å². The van der Waals surface area contributed by atoms with Crippen LogP contribution < -0.4 is 5.73 Å². The summed E-state index contributed by atoms with van der Waals surface area (Å²) >= 11 is 0. The molecule has 2 N–H and O–H groups in total. The van der Waals surface area contributed by atoms with Gasteiger partial charge in [0.2, 0.25) is 5.91 Å². The van der Waals surface area contributed by atoms with Crippen molar-refractivity contribution in [2.24, 2.45) is 5.92 Å². The zero-order valence-corrected chi connectivity index (χ0v) is 15.6. The lowest BCUT2D eigenvalue weighted by molar-refractivity contribution is -0.135. The lowest BCUT2D eigenvalue weighted by Gasteiger charge is -2.37. The van der Waals surface area contributed by atoms with Crippen LogP contribution in [-0.2, 0) is 11.2 Å². The molecule has 0 unspecified atom stereocenters. The van der Waals surface area contributed by atoms with Gasteiger partial charge in [-0.1, -0.05) is 31.5 Å². The fourth-order valence-electron chi connectivity index (χ4n) is 4.02. The molecule has 2 aliphatic carbocycles. The van der Waals surface area contributed by atoms with Crippen LogP contribution in [0.1, 0.15) is 63.9 Å². The Labute approximate surface area is 152 Å². The van der Waals surface area contributed by atoms with Crippen LogP contribution in [-0.4, -0.2) is 22.9 Å². The van der Waals surface area contributed by atoms with Crippen molar-refractivity contribution in [3.63, 3.8) is 0 Å². The minimum atomic E-state index is 0. The number of benzene rings is 1. The zero-order chi connectivity index (χ0) is 16.2. The van der Waals surface area contributed by atoms with Gasteiger partial charge in [-0.25, -0.2) is 0 Å². The van der Waals surface area contributed by atoms with Gasteiger partial charge in [0.05, 0.1) is 0 Å². The van der Waals surface area contributed by atoms with Gasteiger partial charge in [0.15, 0.2) is 0 Å². The minimum absolute atomic E-state index is 0. The van der Waals surface area contributed by atoms with E-state index < -0.39 is 0 Å². The van der Waals surface area contributed by atoms with Gasteiger partial charge in [0.1, 0.15) is 0 Å². The fraction of sp³-hybridized carbons (Fsp3) is 0.650. The third-order valence-corrected chi connectivity index (χ3v) is 5.68. The lowest BCUT2D eigenvalue weighted by Crippen LogP contribution is -2.44. The molecule has 3 rings (SSSR count). The maximum atomic E-state index is 12.8. The van der Waals surface area contributed by atoms with E-state index in [4.69, 9.17) is 5.73 Å². The highest BCUT2D eigenvalue weighted by Gasteiger charge is 2.38. The van der Waals surface area contributed by atoms with Gasteiger partial charge in [0, 0.05) is 24.2 Å². The Hall–Kier alpha value is -1.22. The molecule has 0 saturated heterocycles. The van der Waals surface area contributed by atoms with Crippen LogP contribution in [0.3, 0.4) is 0 Å². The van der Waals surface area contributed by atoms with E-state index in [1.807, 2.05) is 24.3 Å². The van der Waals surface area contributed by atoms with E-state index in [0.717, 1.165) is 23.6 Å². The number of amides is 1. The summed E-state index contributed by atoms with van der Waals surface area (Å²) < 4.78 is 0. The van der Waals surface area contributed by atoms with Crippen molar-refractivity contribution in [3.8, 4) is 0 Å². The monoisotopic (exact) mass is 350 g/mol. The van der Waals surface area contributed by atoms with Crippen molar-refractivity contribution < 1.29 is 4.79 Å². The number of carbonyl (C=O) groups is 1. The number of rotatable bonds is 6. The molecule has 0 aromatic heterocycles. The Balaban J connectivity index is 0.00000208. The summed E-state index contributed by atoms with van der Waals surface area (Å²) in [6.07, 6.45) is 10.0. The molecular weight excluding hydrogens is 320 g/mol. The van der Waals surface area contributed by atoms with Crippen LogP contribution >= 0.6 is 12.4 Å². The number of hydrogen-bond donors (Lipinski definition) is 1. The topological polar surface area (TPSA) is 46.3 Å². The largest absolute Gasteiger partial charge is 0.399 e. The summed E-state index contributed by atoms with van der Waals surface area (Å²) in [6, 6.07) is 8.93. The van der Waals surface area contributed by atoms with Crippen LogP contribution in [0.4, 0.5) is 5.69 Å². The summed E-state index contributed by atoms with van der Waals surface area (Å²) in [6.45, 7) is 2.29. The third-order valence-electron chi connectivity index (χ3n) is 5.68. The van der Waals surface area contributed by atoms with Crippen molar-refractivity contribution in [2.45, 2.75) is 76.8 Å². The molecule has 2 saturated carbocycles. The molecule has 0 spiro atoms. The molecule has 4 heteroatoms. The molecule has 2 fully saturated rings. The van der Waals surface area contributed by atoms with Gasteiger partial charge < -0.3 is 10.6 Å². The van der Waals surface area contributed by atoms with E-state index in [0.29, 0.717) is 24.4 Å². The minimum Gasteiger partial charge on any atom is -0.399 e. The van der Waals surface area contributed by atoms with Gasteiger partial charge >= 0.3 is 0 Å². The molecular formula is C20H31ClN2O. The number of para-hydroxylation sites is 1. The highest BCUT2D eigenvalue weighted by Crippen LogP contribution is 2.36. The van der Waals surface area contributed by atoms with Gasteiger partial charge in [0.25, 0.3) is 0 Å². The average molecular weight is 351 g/mol. The number of nitrogens with zero attached hydrogens (tertiary/aromatic N) is 1. The van der Waals surface area contributed by atoms with E-state index in [1.165, 1.54) is 44.9 Å². The van der Waals surface area contributed by atoms with E-state index in [1.54, 1.807) is 0 Å². The van der Waals surface area contributed by atoms with E-state index >= 15 is 0 Å². The SMILES string of the molecule is CCC1CCC(N(C(=O)CCc2ccccc2N)C2CC2)CC1.Cl. The standard InChI is InChI=1S/C20H30N2O.ClH/c1-2-15-7-10-17(11-8-15)22(18-12-13-18)20(23)14-9-16-5-3-4-6-19(16)21;/h3-6,15,17-18H,2,7-14,21H2,1H3;1H. The predicted molar refractivity (Wildman–Crippen MR) is 102 cm³/mol. The quantitative estimate of drug-likeness (QED) is 0.763. The second-order valence-corrected chi connectivity index (χ2v) is 7.31. The molecule has 2 aliphatic rings. The van der Waals surface area contributed by atoms with E-state index in [2.05, 4.69) is 11.8 Å². The molecule has 24 heavy (non-hydrogen) atoms. The smallest absolute Gasteiger partial charge is 0.223 e. The summed E-state index contributed by atoms with van der Waals surface area (Å²) in [5.41, 5.74) is 7.91. The maximum absolute atomic E-state index is 12.8. The maximum Gasteiger partial charge on any atom is 0.223 e. The first-order chi connectivity index (χ1) is 11.2. The van der Waals surface area contributed by atoms with Crippen molar-refractivity contribution in [3.05, 3.63) is 29.8 Å². The predicted octanol–water partition coefficient (Wildman–Crippen LogP) is 4.58. The molecule has 0 atom stereocenters. The van der Waals surface area contributed by atoms with Crippen LogP contribution in [0.2, 0.25) is 0 Å². The van der Waals surface area contributed by atoms with Crippen molar-refractivity contribution in [2.75, 3.05) is 5.73 Å². The number of carbonyl (C=O) groups excluding carboxylic acids is 1. The Morgan fingerprint density at radius 3 is 2.21 bits per heavy atom. The van der Waals surface area contributed by atoms with Crippen molar-refractivity contribution in [1.29, 1.82) is 0 Å². The Morgan fingerprint density at radius 1 is 1.08 bits per heavy atom. The molecule has 1 aromatic carbocycles. The molecule has 1 aromatic rings. The lowest BCUT2D eigenvalue weighted by atomic mass is 9.83. The van der Waals surface area contributed by atoms with Crippen molar-refractivity contribution >= 4 is 24.0 Å². The highest BCUT2D eigenvalue weighted by atomic mass is 35.5. The Kier molecular flexibility index (Phi) is 6.97. The number of nitrogens with two attached hydrogens (primary N) is 1. The summed E-state index contributed by atoms with van der Waals surface area (Å²) in [5, 5.41) is 0. The van der Waals surface area contributed by atoms with Gasteiger partial charge in [-0.15, -0.1) is 12.4 Å². The van der Waals surface area contributed by atoms with E-state index in [-0.39, 0.29) is 12.4 Å². The third kappa shape index (κ3) is 4.66. The fourth-order valence-corrected chi connectivity index (χ4v) is 4.02. The molecule has 0 aliphatic heterocycles. The molecule has 134 valence electrons. The second kappa shape index (κ2) is 8.75. The summed E-state index contributed by atoms with van der Waals surface area (Å²) in [7, 11) is 0. The van der Waals surface area contributed by atoms with E-state index in [9.17, 15) is 4.79 Å². The highest BCUT2D eigenvalue weighted by molar-refractivity contribution is 5.85. The molecule has 3 nitrogen and oxygen atoms in total. The molecule has 0 radical (unpaired) electrons. The molecule has 0 bridgehead atoms. The number of halogens is 1. The number of aryl methyl sites for hydroxylation is 1. The first-order valence-corrected chi connectivity index (χ1v) is 9.33. The number of nitrogen functional groups attached to an aromatic ring is 1. The van der Waals surface area contributed by atoms with Crippen LogP contribution in [0.5, 0.6) is 0 Å². The second-order valence-electron chi connectivity index (χ2n) is 7.31. The summed E-state index contributed by atoms with van der Waals surface area (Å²) in [5.74, 6) is 1.22. The summed E-state index contributed by atoms with van der Waals surface area (Å²) in [4.78, 5) is 15.1. The van der Waals surface area contributed by atoms with Gasteiger partial charge in [-0.3, -0.25) is 4.79 Å². The Morgan fingerprint density at radius 2 is 1.67 bits per heavy atom. The Bertz CT molecular complexity index is 536. The first-order valence-electron chi connectivity index (χ1n) is 9.33. The zero-order valence-electron chi connectivity index (χ0n) is 14.7. The molecule has 0 heterocycles. The van der Waals surface area contributed by atoms with Crippen LogP contribution in [0.25, 0.3) is 0 Å². The van der Waals surface area contributed by atoms with Crippen molar-refractivity contribution in [1.82, 2.24) is 4.90 Å². The normalized spacial score (nSPS) is 23.4. The number of anilines is 1. The van der Waals surface area contributed by atoms with Crippen LogP contribution in [0.15, 0.2) is 24.3 Å². The number of hydrogen-bond acceptors (Lipinski definition) is 2. The first kappa shape index (κ1) is 19.1. The van der Waals surface area contributed by atoms with Crippen LogP contribution in [0, 0.1) is 5.92 Å².